The monoisotopic (exact) mass is 789 g/mol. The molecule has 0 radical (unpaired) electrons. The summed E-state index contributed by atoms with van der Waals surface area (Å²) in [6.07, 6.45) is 0. The predicted molar refractivity (Wildman–Crippen MR) is 257 cm³/mol. The van der Waals surface area contributed by atoms with Gasteiger partial charge in [-0.25, -0.2) is 4.98 Å². The summed E-state index contributed by atoms with van der Waals surface area (Å²) < 4.78 is 4.66. The van der Waals surface area contributed by atoms with E-state index in [-0.39, 0.29) is 0 Å². The van der Waals surface area contributed by atoms with Crippen LogP contribution in [0, 0.1) is 0 Å². The van der Waals surface area contributed by atoms with Crippen LogP contribution in [0.3, 0.4) is 0 Å². The number of hydrogen-bond donors (Lipinski definition) is 0. The van der Waals surface area contributed by atoms with Crippen LogP contribution in [0.4, 0.5) is 0 Å². The van der Waals surface area contributed by atoms with E-state index in [1.165, 1.54) is 48.5 Å². The van der Waals surface area contributed by atoms with Gasteiger partial charge < -0.3 is 4.57 Å². The fourth-order valence-electron chi connectivity index (χ4n) is 9.83. The van der Waals surface area contributed by atoms with Gasteiger partial charge in [-0.3, -0.25) is 4.57 Å². The van der Waals surface area contributed by atoms with Gasteiger partial charge in [0.05, 0.1) is 22.1 Å². The Hall–Kier alpha value is -8.41. The Bertz CT molecular complexity index is 3880. The topological polar surface area (TPSA) is 48.5 Å². The molecule has 3 aromatic heterocycles. The predicted octanol–water partition coefficient (Wildman–Crippen LogP) is 14.5. The normalized spacial score (nSPS) is 11.9. The quantitative estimate of drug-likeness (QED) is 0.163. The van der Waals surface area contributed by atoms with Crippen molar-refractivity contribution < 1.29 is 0 Å². The molecule has 0 atom stereocenters. The second kappa shape index (κ2) is 13.6. The van der Waals surface area contributed by atoms with E-state index in [0.717, 1.165) is 55.4 Å². The lowest BCUT2D eigenvalue weighted by Gasteiger charge is -2.14. The minimum atomic E-state index is 0.571. The van der Waals surface area contributed by atoms with E-state index in [9.17, 15) is 0 Å². The summed E-state index contributed by atoms with van der Waals surface area (Å²) in [7, 11) is 0. The van der Waals surface area contributed by atoms with Gasteiger partial charge in [-0.05, 0) is 85.9 Å². The van der Waals surface area contributed by atoms with Crippen molar-refractivity contribution in [2.75, 3.05) is 0 Å². The first-order chi connectivity index (χ1) is 30.8. The second-order valence-electron chi connectivity index (χ2n) is 16.0. The summed E-state index contributed by atoms with van der Waals surface area (Å²) in [5.74, 6) is 1.81. The molecule has 0 saturated carbocycles. The van der Waals surface area contributed by atoms with Crippen LogP contribution in [0.1, 0.15) is 0 Å². The van der Waals surface area contributed by atoms with Gasteiger partial charge in [0.15, 0.2) is 11.6 Å². The van der Waals surface area contributed by atoms with Crippen LogP contribution in [0.25, 0.3) is 121 Å². The molecule has 0 saturated heterocycles. The smallest absolute Gasteiger partial charge is 0.238 e. The Labute approximate surface area is 356 Å². The van der Waals surface area contributed by atoms with Crippen molar-refractivity contribution in [1.82, 2.24) is 24.1 Å². The van der Waals surface area contributed by atoms with Crippen molar-refractivity contribution in [2.45, 2.75) is 0 Å². The first kappa shape index (κ1) is 34.5. The third-order valence-electron chi connectivity index (χ3n) is 12.5. The maximum atomic E-state index is 5.31. The van der Waals surface area contributed by atoms with E-state index in [4.69, 9.17) is 15.0 Å². The largest absolute Gasteiger partial charge is 0.309 e. The number of hydrogen-bond acceptors (Lipinski definition) is 3. The Balaban J connectivity index is 1.08. The number of fused-ring (bicyclic) bond motifs is 13. The highest BCUT2D eigenvalue weighted by molar-refractivity contribution is 6.29. The van der Waals surface area contributed by atoms with Gasteiger partial charge >= 0.3 is 0 Å². The van der Waals surface area contributed by atoms with Crippen molar-refractivity contribution >= 4 is 75.9 Å². The average Bonchev–Trinajstić information content (AvgIpc) is 3.87. The van der Waals surface area contributed by atoms with Gasteiger partial charge in [-0.2, -0.15) is 9.97 Å². The van der Waals surface area contributed by atoms with Gasteiger partial charge in [0.1, 0.15) is 0 Å². The van der Waals surface area contributed by atoms with Crippen LogP contribution < -0.4 is 0 Å². The van der Waals surface area contributed by atoms with Gasteiger partial charge in [-0.1, -0.05) is 170 Å². The van der Waals surface area contributed by atoms with E-state index < -0.39 is 0 Å². The van der Waals surface area contributed by atoms with Gasteiger partial charge in [0.2, 0.25) is 5.95 Å². The van der Waals surface area contributed by atoms with Crippen LogP contribution in [-0.2, 0) is 0 Å². The summed E-state index contributed by atoms with van der Waals surface area (Å²) in [5, 5.41) is 12.3. The van der Waals surface area contributed by atoms with Crippen molar-refractivity contribution in [1.29, 1.82) is 0 Å². The summed E-state index contributed by atoms with van der Waals surface area (Å²) in [6, 6.07) is 75.6. The van der Waals surface area contributed by atoms with Crippen LogP contribution in [-0.4, -0.2) is 24.1 Å². The number of nitrogens with zero attached hydrogens (tertiary/aromatic N) is 5. The molecule has 62 heavy (non-hydrogen) atoms. The fraction of sp³-hybridized carbons (Fsp3) is 0. The summed E-state index contributed by atoms with van der Waals surface area (Å²) in [5.41, 5.74) is 9.59. The van der Waals surface area contributed by atoms with Gasteiger partial charge in [-0.15, -0.1) is 0 Å². The Morgan fingerprint density at radius 2 is 0.710 bits per heavy atom. The molecule has 288 valence electrons. The lowest BCUT2D eigenvalue weighted by molar-refractivity contribution is 0.953. The molecule has 0 aliphatic rings. The molecule has 0 aliphatic carbocycles. The molecular weight excluding hydrogens is 755 g/mol. The van der Waals surface area contributed by atoms with E-state index in [1.54, 1.807) is 0 Å². The first-order valence-electron chi connectivity index (χ1n) is 21.0. The number of rotatable bonds is 5. The van der Waals surface area contributed by atoms with Crippen molar-refractivity contribution in [3.63, 3.8) is 0 Å². The van der Waals surface area contributed by atoms with E-state index in [0.29, 0.717) is 17.6 Å². The number of aromatic nitrogens is 5. The second-order valence-corrected chi connectivity index (χ2v) is 16.0. The molecule has 5 heteroatoms. The number of para-hydroxylation sites is 2. The molecule has 0 spiro atoms. The molecule has 13 aromatic rings. The highest BCUT2D eigenvalue weighted by Crippen LogP contribution is 2.43. The molecule has 13 rings (SSSR count). The lowest BCUT2D eigenvalue weighted by Crippen LogP contribution is -2.06. The minimum Gasteiger partial charge on any atom is -0.309 e. The third kappa shape index (κ3) is 5.18. The molecule has 0 amide bonds. The fourth-order valence-corrected chi connectivity index (χ4v) is 9.83. The van der Waals surface area contributed by atoms with E-state index in [1.807, 2.05) is 24.3 Å². The Kier molecular flexibility index (Phi) is 7.54. The summed E-state index contributed by atoms with van der Waals surface area (Å²) >= 11 is 0. The molecular formula is C57H35N5. The SMILES string of the molecule is c1ccc(-c2cccc(-c3nc(-c4ccccc4)nc(-n4c5ccccc5c5c6c7ccccc7n(-c7ccc8c9ccccc9c9ccccc9c8c7)c6ccc54)n3)c2)cc1. The molecule has 0 N–H and O–H groups in total. The highest BCUT2D eigenvalue weighted by Gasteiger charge is 2.23. The van der Waals surface area contributed by atoms with Crippen molar-refractivity contribution in [2.24, 2.45) is 0 Å². The van der Waals surface area contributed by atoms with Crippen LogP contribution in [0.15, 0.2) is 212 Å². The van der Waals surface area contributed by atoms with Crippen molar-refractivity contribution in [3.05, 3.63) is 212 Å². The number of benzene rings is 10. The lowest BCUT2D eigenvalue weighted by atomic mass is 9.94. The third-order valence-corrected chi connectivity index (χ3v) is 12.5. The Morgan fingerprint density at radius 1 is 0.258 bits per heavy atom. The standard InChI is InChI=1S/C57H35N5/c1-3-16-36(17-4-1)38-20-15-21-39(34-38)56-58-55(37-18-5-2-6-19-37)59-57(60-56)62-50-29-14-12-27-47(50)54-52(62)33-32-51-53(54)46-26-11-13-28-49(46)61(51)40-30-31-45-43-24-8-7-22-41(43)42-23-9-10-25-44(42)48(45)35-40/h1-35H. The molecule has 0 unspecified atom stereocenters. The van der Waals surface area contributed by atoms with E-state index >= 15 is 0 Å². The zero-order chi connectivity index (χ0) is 40.7. The van der Waals surface area contributed by atoms with E-state index in [2.05, 4.69) is 197 Å². The molecule has 3 heterocycles. The maximum absolute atomic E-state index is 5.31. The van der Waals surface area contributed by atoms with Gasteiger partial charge in [0.25, 0.3) is 0 Å². The van der Waals surface area contributed by atoms with Crippen LogP contribution in [0.5, 0.6) is 0 Å². The van der Waals surface area contributed by atoms with Crippen LogP contribution in [0.2, 0.25) is 0 Å². The zero-order valence-corrected chi connectivity index (χ0v) is 33.4. The summed E-state index contributed by atoms with van der Waals surface area (Å²) in [6.45, 7) is 0. The molecule has 0 fully saturated rings. The highest BCUT2D eigenvalue weighted by atomic mass is 15.2. The zero-order valence-electron chi connectivity index (χ0n) is 33.4. The van der Waals surface area contributed by atoms with Crippen molar-refractivity contribution in [3.8, 4) is 45.5 Å². The average molecular weight is 790 g/mol. The molecule has 0 aliphatic heterocycles. The minimum absolute atomic E-state index is 0.571. The van der Waals surface area contributed by atoms with Crippen LogP contribution >= 0.6 is 0 Å². The summed E-state index contributed by atoms with van der Waals surface area (Å²) in [4.78, 5) is 15.7. The van der Waals surface area contributed by atoms with Gasteiger partial charge in [0, 0.05) is 38.4 Å². The molecule has 0 bridgehead atoms. The molecule has 5 nitrogen and oxygen atoms in total. The first-order valence-corrected chi connectivity index (χ1v) is 21.0. The molecule has 10 aromatic carbocycles. The maximum Gasteiger partial charge on any atom is 0.238 e. The Morgan fingerprint density at radius 3 is 1.34 bits per heavy atom.